The predicted octanol–water partition coefficient (Wildman–Crippen LogP) is 5.86. The van der Waals surface area contributed by atoms with Crippen molar-refractivity contribution < 1.29 is 26.8 Å². The first-order chi connectivity index (χ1) is 14.3. The Labute approximate surface area is 204 Å². The number of hydrogen-bond acceptors (Lipinski definition) is 6. The fraction of sp³-hybridized carbons (Fsp3) is 0.125. The number of halogens is 6. The van der Waals surface area contributed by atoms with Gasteiger partial charge in [-0.2, -0.15) is 8.78 Å². The molecule has 0 saturated carbocycles. The smallest absolute Gasteiger partial charge is 0.277 e. The molecule has 0 heterocycles. The first-order valence-corrected chi connectivity index (χ1v) is 12.3. The van der Waals surface area contributed by atoms with E-state index in [4.69, 9.17) is 46.4 Å². The highest BCUT2D eigenvalue weighted by Gasteiger charge is 2.29. The molecule has 2 aromatic carbocycles. The average molecular weight is 570 g/mol. The summed E-state index contributed by atoms with van der Waals surface area (Å²) in [5.41, 5.74) is 0.265. The third kappa shape index (κ3) is 7.55. The second kappa shape index (κ2) is 10.3. The van der Waals surface area contributed by atoms with E-state index in [1.54, 1.807) is 0 Å². The molecule has 0 atom stereocenters. The Morgan fingerprint density at radius 2 is 1.00 bits per heavy atom. The van der Waals surface area contributed by atoms with Crippen LogP contribution < -0.4 is 8.61 Å². The molecule has 168 valence electrons. The number of amides is 2. The second-order valence-corrected chi connectivity index (χ2v) is 13.0. The highest BCUT2D eigenvalue weighted by molar-refractivity contribution is 8.05. The Morgan fingerprint density at radius 3 is 1.23 bits per heavy atom. The lowest BCUT2D eigenvalue weighted by molar-refractivity contribution is -0.107. The Kier molecular flexibility index (Phi) is 8.76. The van der Waals surface area contributed by atoms with Crippen LogP contribution in [0.2, 0.25) is 0 Å². The van der Waals surface area contributed by atoms with E-state index in [2.05, 4.69) is 0 Å². The van der Waals surface area contributed by atoms with Crippen molar-refractivity contribution in [3.05, 3.63) is 48.5 Å². The van der Waals surface area contributed by atoms with Gasteiger partial charge in [-0.3, -0.25) is 18.2 Å². The first kappa shape index (κ1) is 26.3. The van der Waals surface area contributed by atoms with Gasteiger partial charge in [0.05, 0.1) is 21.2 Å². The number of sulfone groups is 1. The van der Waals surface area contributed by atoms with E-state index in [0.29, 0.717) is 0 Å². The molecule has 0 aromatic heterocycles. The lowest BCUT2D eigenvalue weighted by Crippen LogP contribution is -2.17. The highest BCUT2D eigenvalue weighted by atomic mass is 35.5. The summed E-state index contributed by atoms with van der Waals surface area (Å²) in [7, 11) is -3.99. The molecule has 0 N–H and O–H groups in total. The van der Waals surface area contributed by atoms with Gasteiger partial charge in [-0.25, -0.2) is 8.42 Å². The van der Waals surface area contributed by atoms with Crippen molar-refractivity contribution in [2.75, 3.05) is 8.61 Å². The van der Waals surface area contributed by atoms with E-state index >= 15 is 0 Å². The van der Waals surface area contributed by atoms with Gasteiger partial charge in [0.15, 0.2) is 0 Å². The zero-order chi connectivity index (χ0) is 23.4. The van der Waals surface area contributed by atoms with Crippen LogP contribution in [-0.4, -0.2) is 29.1 Å². The normalized spacial score (nSPS) is 12.3. The van der Waals surface area contributed by atoms with Gasteiger partial charge in [0.25, 0.3) is 0 Å². The number of hydrogen-bond donors (Lipinski definition) is 0. The molecule has 2 aromatic rings. The summed E-state index contributed by atoms with van der Waals surface area (Å²) in [6.45, 7) is 0. The topological polar surface area (TPSA) is 74.8 Å². The Balaban J connectivity index is 2.27. The number of carbonyl (C=O) groups is 2. The zero-order valence-corrected chi connectivity index (χ0v) is 20.3. The molecular weight excluding hydrogens is 560 g/mol. The average Bonchev–Trinajstić information content (AvgIpc) is 2.69. The lowest BCUT2D eigenvalue weighted by Gasteiger charge is -2.20. The van der Waals surface area contributed by atoms with Crippen LogP contribution in [0.3, 0.4) is 0 Å². The summed E-state index contributed by atoms with van der Waals surface area (Å²) in [6, 6.07) is 9.83. The molecule has 0 unspecified atom stereocenters. The standard InChI is InChI=1S/C16H10Cl4F2N2O4S3/c17-15(18,21)29-23(9-25)11-1-5-13(6-2-11)31(27,28)14-7-3-12(4-8-14)24(10-26)30-16(19,20)22/h1-10H. The van der Waals surface area contributed by atoms with E-state index in [-0.39, 0.29) is 57.9 Å². The number of anilines is 2. The molecule has 0 aliphatic heterocycles. The third-order valence-corrected chi connectivity index (χ3v) is 7.41. The van der Waals surface area contributed by atoms with Crippen LogP contribution in [0.25, 0.3) is 0 Å². The van der Waals surface area contributed by atoms with Crippen molar-refractivity contribution in [2.45, 2.75) is 17.6 Å². The fourth-order valence-electron chi connectivity index (χ4n) is 2.17. The molecule has 0 aliphatic carbocycles. The van der Waals surface area contributed by atoms with Crippen molar-refractivity contribution in [3.63, 3.8) is 0 Å². The Morgan fingerprint density at radius 1 is 0.710 bits per heavy atom. The van der Waals surface area contributed by atoms with Gasteiger partial charge in [-0.15, -0.1) is 0 Å². The van der Waals surface area contributed by atoms with Gasteiger partial charge < -0.3 is 0 Å². The molecule has 0 spiro atoms. The number of benzene rings is 2. The summed E-state index contributed by atoms with van der Waals surface area (Å²) < 4.78 is 48.3. The maximum atomic E-state index is 13.3. The molecule has 0 aliphatic rings. The van der Waals surface area contributed by atoms with E-state index in [1.165, 1.54) is 48.5 Å². The summed E-state index contributed by atoms with van der Waals surface area (Å²) in [6.07, 6.45) is 0.521. The Bertz CT molecular complexity index is 953. The lowest BCUT2D eigenvalue weighted by atomic mass is 10.3. The molecule has 0 radical (unpaired) electrons. The number of rotatable bonds is 10. The van der Waals surface area contributed by atoms with Gasteiger partial charge in [-0.05, 0) is 48.5 Å². The van der Waals surface area contributed by atoms with Gasteiger partial charge in [-0.1, -0.05) is 46.4 Å². The number of nitrogens with zero attached hydrogens (tertiary/aromatic N) is 2. The molecule has 2 rings (SSSR count). The molecule has 6 nitrogen and oxygen atoms in total. The monoisotopic (exact) mass is 568 g/mol. The second-order valence-electron chi connectivity index (χ2n) is 5.43. The van der Waals surface area contributed by atoms with E-state index in [1.807, 2.05) is 0 Å². The zero-order valence-electron chi connectivity index (χ0n) is 14.8. The minimum absolute atomic E-state index is 0.131. The maximum Gasteiger partial charge on any atom is 0.324 e. The molecule has 15 heteroatoms. The van der Waals surface area contributed by atoms with Crippen LogP contribution in [0.15, 0.2) is 58.3 Å². The SMILES string of the molecule is O=CN(SC(F)(Cl)Cl)c1ccc(S(=O)(=O)c2ccc(N(C=O)SC(F)(Cl)Cl)cc2)cc1. The predicted molar refractivity (Wildman–Crippen MR) is 122 cm³/mol. The molecule has 0 saturated heterocycles. The molecule has 0 fully saturated rings. The molecular formula is C16H10Cl4F2N2O4S3. The third-order valence-electron chi connectivity index (χ3n) is 3.40. The summed E-state index contributed by atoms with van der Waals surface area (Å²) in [4.78, 5) is 22.0. The van der Waals surface area contributed by atoms with Crippen LogP contribution in [0.4, 0.5) is 20.2 Å². The largest absolute Gasteiger partial charge is 0.324 e. The highest BCUT2D eigenvalue weighted by Crippen LogP contribution is 2.41. The fourth-order valence-corrected chi connectivity index (χ4v) is 5.31. The maximum absolute atomic E-state index is 13.3. The molecule has 0 bridgehead atoms. The van der Waals surface area contributed by atoms with Crippen LogP contribution in [0.5, 0.6) is 0 Å². The van der Waals surface area contributed by atoms with Gasteiger partial charge >= 0.3 is 7.84 Å². The Hall–Kier alpha value is -0.950. The van der Waals surface area contributed by atoms with Crippen molar-refractivity contribution in [2.24, 2.45) is 0 Å². The van der Waals surface area contributed by atoms with Crippen LogP contribution >= 0.6 is 70.3 Å². The van der Waals surface area contributed by atoms with Gasteiger partial charge in [0.2, 0.25) is 22.7 Å². The number of alkyl halides is 6. The van der Waals surface area contributed by atoms with E-state index in [9.17, 15) is 26.8 Å². The van der Waals surface area contributed by atoms with Crippen molar-refractivity contribution in [1.29, 1.82) is 0 Å². The number of carbonyl (C=O) groups excluding carboxylic acids is 2. The first-order valence-electron chi connectivity index (χ1n) is 7.73. The summed E-state index contributed by atoms with van der Waals surface area (Å²) >= 11 is 21.2. The van der Waals surface area contributed by atoms with Crippen molar-refractivity contribution >= 4 is 104 Å². The van der Waals surface area contributed by atoms with Crippen molar-refractivity contribution in [1.82, 2.24) is 0 Å². The van der Waals surface area contributed by atoms with E-state index < -0.39 is 17.7 Å². The van der Waals surface area contributed by atoms with E-state index in [0.717, 1.165) is 8.61 Å². The minimum atomic E-state index is -3.99. The molecule has 2 amide bonds. The van der Waals surface area contributed by atoms with Crippen LogP contribution in [0.1, 0.15) is 0 Å². The molecule has 31 heavy (non-hydrogen) atoms. The van der Waals surface area contributed by atoms with Crippen LogP contribution in [-0.2, 0) is 19.4 Å². The van der Waals surface area contributed by atoms with Gasteiger partial charge in [0.1, 0.15) is 0 Å². The summed E-state index contributed by atoms with van der Waals surface area (Å²) in [5.74, 6) is 0. The summed E-state index contributed by atoms with van der Waals surface area (Å²) in [5, 5.41) is 0. The quantitative estimate of drug-likeness (QED) is 0.203. The minimum Gasteiger partial charge on any atom is -0.277 e. The van der Waals surface area contributed by atoms with Gasteiger partial charge in [0, 0.05) is 23.9 Å². The van der Waals surface area contributed by atoms with Crippen LogP contribution in [0, 0.1) is 0 Å². The van der Waals surface area contributed by atoms with Crippen molar-refractivity contribution in [3.8, 4) is 0 Å².